The Morgan fingerprint density at radius 1 is 0.866 bits per heavy atom. The number of anilines is 1. The molecule has 1 aromatic heterocycles. The Balaban J connectivity index is 1.41. The molecule has 0 saturated carbocycles. The van der Waals surface area contributed by atoms with E-state index in [9.17, 15) is 55.0 Å². The quantitative estimate of drug-likeness (QED) is 0.0635. The number of carbonyl (C=O) groups is 1. The van der Waals surface area contributed by atoms with E-state index in [2.05, 4.69) is 4.72 Å². The van der Waals surface area contributed by atoms with Crippen molar-refractivity contribution in [3.8, 4) is 22.8 Å². The van der Waals surface area contributed by atoms with Crippen LogP contribution in [0.1, 0.15) is 48.8 Å². The first-order valence-corrected chi connectivity index (χ1v) is 23.8. The van der Waals surface area contributed by atoms with Crippen molar-refractivity contribution in [3.63, 3.8) is 0 Å². The van der Waals surface area contributed by atoms with Crippen LogP contribution >= 0.6 is 0 Å². The number of sulfonamides is 2. The summed E-state index contributed by atoms with van der Waals surface area (Å²) in [5.41, 5.74) is -1.39. The Morgan fingerprint density at radius 2 is 1.55 bits per heavy atom. The number of para-hydroxylation sites is 2. The van der Waals surface area contributed by atoms with E-state index in [0.29, 0.717) is 35.7 Å². The lowest BCUT2D eigenvalue weighted by Gasteiger charge is -2.43. The van der Waals surface area contributed by atoms with E-state index in [-0.39, 0.29) is 42.6 Å². The number of halogens is 3. The fraction of sp³-hybridized carbons (Fsp3) is 0.318. The van der Waals surface area contributed by atoms with Crippen LogP contribution in [0.2, 0.25) is 0 Å². The van der Waals surface area contributed by atoms with Crippen molar-refractivity contribution >= 4 is 43.0 Å². The molecule has 356 valence electrons. The number of nitrogens with one attached hydrogen (secondary N) is 1. The van der Waals surface area contributed by atoms with Gasteiger partial charge in [-0.25, -0.2) is 26.5 Å². The molecule has 1 saturated heterocycles. The Labute approximate surface area is 384 Å². The number of benzene rings is 4. The number of piperazine rings is 1. The summed E-state index contributed by atoms with van der Waals surface area (Å²) in [4.78, 5) is 42.6. The molecule has 1 N–H and O–H groups in total. The van der Waals surface area contributed by atoms with Crippen molar-refractivity contribution < 1.29 is 54.1 Å². The number of nitro groups is 2. The number of nitrogens with zero attached hydrogens (tertiary/aromatic N) is 6. The number of alkyl halides is 3. The summed E-state index contributed by atoms with van der Waals surface area (Å²) >= 11 is 0. The first-order chi connectivity index (χ1) is 31.8. The van der Waals surface area contributed by atoms with Crippen LogP contribution in [0.3, 0.4) is 0 Å². The van der Waals surface area contributed by atoms with Crippen molar-refractivity contribution in [2.45, 2.75) is 55.7 Å². The van der Waals surface area contributed by atoms with Crippen molar-refractivity contribution in [2.24, 2.45) is 0 Å². The summed E-state index contributed by atoms with van der Waals surface area (Å²) in [6, 6.07) is 21.6. The number of carbonyl (C=O) groups excluding carboxylic acids is 1. The first kappa shape index (κ1) is 49.7. The fourth-order valence-corrected chi connectivity index (χ4v) is 10.2. The summed E-state index contributed by atoms with van der Waals surface area (Å²) in [6.45, 7) is 3.90. The number of ether oxygens (including phenoxy) is 2. The molecule has 6 rings (SSSR count). The first-order valence-electron chi connectivity index (χ1n) is 20.9. The van der Waals surface area contributed by atoms with Gasteiger partial charge in [0.2, 0.25) is 20.0 Å². The van der Waals surface area contributed by atoms with E-state index < -0.39 is 95.0 Å². The molecule has 0 spiro atoms. The van der Waals surface area contributed by atoms with Crippen LogP contribution in [0, 0.1) is 20.2 Å². The molecule has 1 aliphatic heterocycles. The van der Waals surface area contributed by atoms with Gasteiger partial charge < -0.3 is 19.3 Å². The maximum Gasteiger partial charge on any atom is 0.417 e. The second kappa shape index (κ2) is 20.9. The largest absolute Gasteiger partial charge is 0.494 e. The number of nitro benzene ring substituents is 2. The van der Waals surface area contributed by atoms with E-state index in [0.717, 1.165) is 52.8 Å². The number of non-ortho nitro benzene ring substituents is 1. The van der Waals surface area contributed by atoms with Crippen LogP contribution in [-0.2, 0) is 32.8 Å². The molecular formula is C44H46F3N7O11S2. The molecule has 1 fully saturated rings. The van der Waals surface area contributed by atoms with Crippen LogP contribution in [-0.4, -0.2) is 98.8 Å². The molecule has 1 aliphatic rings. The van der Waals surface area contributed by atoms with Crippen molar-refractivity contribution in [2.75, 3.05) is 50.8 Å². The summed E-state index contributed by atoms with van der Waals surface area (Å²) in [5, 5.41) is 23.2. The lowest BCUT2D eigenvalue weighted by molar-refractivity contribution is -0.387. The second-order valence-corrected chi connectivity index (χ2v) is 18.6. The van der Waals surface area contributed by atoms with Gasteiger partial charge in [-0.2, -0.15) is 17.5 Å². The van der Waals surface area contributed by atoms with Gasteiger partial charge >= 0.3 is 6.18 Å². The van der Waals surface area contributed by atoms with Gasteiger partial charge in [0.1, 0.15) is 11.5 Å². The van der Waals surface area contributed by atoms with Gasteiger partial charge in [-0.1, -0.05) is 31.2 Å². The van der Waals surface area contributed by atoms with Gasteiger partial charge in [0.05, 0.1) is 62.7 Å². The van der Waals surface area contributed by atoms with Crippen LogP contribution in [0.25, 0.3) is 11.3 Å². The third kappa shape index (κ3) is 11.3. The fourth-order valence-electron chi connectivity index (χ4n) is 7.62. The molecule has 0 bridgehead atoms. The second-order valence-electron chi connectivity index (χ2n) is 14.9. The van der Waals surface area contributed by atoms with Crippen LogP contribution in [0.15, 0.2) is 113 Å². The predicted octanol–water partition coefficient (Wildman–Crippen LogP) is 7.29. The lowest BCUT2D eigenvalue weighted by atomic mass is 10.0. The van der Waals surface area contributed by atoms with E-state index in [1.807, 2.05) is 11.8 Å². The van der Waals surface area contributed by atoms with E-state index in [1.54, 1.807) is 50.2 Å². The minimum atomic E-state index is -4.87. The van der Waals surface area contributed by atoms with Gasteiger partial charge in [-0.05, 0) is 80.9 Å². The van der Waals surface area contributed by atoms with Crippen molar-refractivity contribution in [3.05, 3.63) is 140 Å². The molecule has 4 aromatic carbocycles. The van der Waals surface area contributed by atoms with Crippen LogP contribution < -0.4 is 19.1 Å². The average Bonchev–Trinajstić information content (AvgIpc) is 3.30. The monoisotopic (exact) mass is 969 g/mol. The number of hydrogen-bond donors (Lipinski definition) is 1. The number of pyridine rings is 1. The summed E-state index contributed by atoms with van der Waals surface area (Å²) in [6.07, 6.45) is -4.50. The van der Waals surface area contributed by atoms with Gasteiger partial charge in [0.15, 0.2) is 4.90 Å². The minimum absolute atomic E-state index is 0.0353. The Kier molecular flexibility index (Phi) is 15.5. The predicted molar refractivity (Wildman–Crippen MR) is 240 cm³/mol. The zero-order valence-electron chi connectivity index (χ0n) is 36.4. The molecular weight excluding hydrogens is 924 g/mol. The van der Waals surface area contributed by atoms with Gasteiger partial charge in [-0.15, -0.1) is 0 Å². The van der Waals surface area contributed by atoms with Crippen molar-refractivity contribution in [1.29, 1.82) is 0 Å². The van der Waals surface area contributed by atoms with Gasteiger partial charge in [0, 0.05) is 62.5 Å². The Morgan fingerprint density at radius 3 is 2.21 bits per heavy atom. The minimum Gasteiger partial charge on any atom is -0.494 e. The molecule has 0 radical (unpaired) electrons. The zero-order chi connectivity index (χ0) is 48.7. The molecule has 0 aliphatic carbocycles. The highest BCUT2D eigenvalue weighted by molar-refractivity contribution is 7.89. The highest BCUT2D eigenvalue weighted by Crippen LogP contribution is 2.37. The normalized spacial score (nSPS) is 14.5. The molecule has 1 atom stereocenters. The number of hydrogen-bond acceptors (Lipinski definition) is 13. The van der Waals surface area contributed by atoms with Crippen LogP contribution in [0.5, 0.6) is 11.5 Å². The molecule has 2 heterocycles. The molecule has 18 nitrogen and oxygen atoms in total. The van der Waals surface area contributed by atoms with E-state index in [1.165, 1.54) is 23.1 Å². The van der Waals surface area contributed by atoms with Crippen molar-refractivity contribution in [1.82, 2.24) is 18.9 Å². The van der Waals surface area contributed by atoms with E-state index >= 15 is 0 Å². The highest BCUT2D eigenvalue weighted by atomic mass is 32.2. The molecule has 1 unspecified atom stereocenters. The van der Waals surface area contributed by atoms with E-state index in [4.69, 9.17) is 14.5 Å². The van der Waals surface area contributed by atoms with Gasteiger partial charge in [-0.3, -0.25) is 25.0 Å². The molecule has 5 aromatic rings. The smallest absolute Gasteiger partial charge is 0.417 e. The van der Waals surface area contributed by atoms with Gasteiger partial charge in [0.25, 0.3) is 17.3 Å². The molecule has 67 heavy (non-hydrogen) atoms. The third-order valence-corrected chi connectivity index (χ3v) is 14.2. The highest BCUT2D eigenvalue weighted by Gasteiger charge is 2.39. The maximum atomic E-state index is 14.6. The maximum absolute atomic E-state index is 14.6. The summed E-state index contributed by atoms with van der Waals surface area (Å²) < 4.78 is 113. The number of amides is 1. The SMILES string of the molecule is CCOc1ccc(C(=O)N2CCN(c3ccc(-c4ccccc4OCC)nc3CN(CCNS(=O)(=O)c3ccccc3[N+](=O)[O-])S(=O)(=O)c3ccc([N+](=O)[O-])cc3)C(CC)C2)c(C(F)(F)F)c1. The molecule has 1 amide bonds. The topological polar surface area (TPSA) is 225 Å². The average molecular weight is 970 g/mol. The lowest BCUT2D eigenvalue weighted by Crippen LogP contribution is -2.55. The standard InChI is InChI=1S/C44H46F3N7O11S2/c1-4-30-28-50(43(55)34-20-17-32(64-5-2)27-36(34)44(45,46)47)25-26-52(30)39-22-21-37(35-11-7-9-13-41(35)65-6-3)49-38(39)29-51(67(62,63)33-18-15-31(16-19-33)53(56)57)24-23-48-66(60,61)42-14-10-8-12-40(42)54(58)59/h7-22,27,30,48H,4-6,23-26,28-29H2,1-3H3. The Hall–Kier alpha value is -6.69. The summed E-state index contributed by atoms with van der Waals surface area (Å²) in [5.74, 6) is -0.433. The Bertz CT molecular complexity index is 2850. The number of aromatic nitrogens is 1. The summed E-state index contributed by atoms with van der Waals surface area (Å²) in [7, 11) is -9.24. The third-order valence-electron chi connectivity index (χ3n) is 10.8. The zero-order valence-corrected chi connectivity index (χ0v) is 38.0. The number of rotatable bonds is 19. The van der Waals surface area contributed by atoms with Crippen LogP contribution in [0.4, 0.5) is 30.2 Å². The molecule has 23 heteroatoms.